The number of hydrogen-bond acceptors (Lipinski definition) is 5. The molecule has 1 heterocycles. The van der Waals surface area contributed by atoms with Crippen LogP contribution in [0.5, 0.6) is 11.5 Å². The molecular weight excluding hydrogens is 416 g/mol. The van der Waals surface area contributed by atoms with Crippen LogP contribution < -0.4 is 19.7 Å². The van der Waals surface area contributed by atoms with Gasteiger partial charge in [-0.3, -0.25) is 9.59 Å². The Hall–Kier alpha value is -4.06. The van der Waals surface area contributed by atoms with Crippen LogP contribution in [0.3, 0.4) is 0 Å². The lowest BCUT2D eigenvalue weighted by Crippen LogP contribution is -2.32. The van der Waals surface area contributed by atoms with Crippen LogP contribution >= 0.6 is 0 Å². The monoisotopic (exact) mass is 442 g/mol. The Bertz CT molecular complexity index is 1220. The first-order chi connectivity index (χ1) is 15.9. The first-order valence-electron chi connectivity index (χ1n) is 10.8. The third-order valence-corrected chi connectivity index (χ3v) is 5.36. The molecule has 2 amide bonds. The van der Waals surface area contributed by atoms with Gasteiger partial charge in [-0.25, -0.2) is 4.90 Å². The van der Waals surface area contributed by atoms with E-state index >= 15 is 0 Å². The molecule has 0 atom stereocenters. The highest BCUT2D eigenvalue weighted by Gasteiger charge is 2.41. The van der Waals surface area contributed by atoms with Crippen molar-refractivity contribution in [3.63, 3.8) is 0 Å². The molecule has 4 rings (SSSR count). The highest BCUT2D eigenvalue weighted by Crippen LogP contribution is 2.38. The summed E-state index contributed by atoms with van der Waals surface area (Å²) >= 11 is 0. The number of hydrogen-bond donors (Lipinski definition) is 1. The summed E-state index contributed by atoms with van der Waals surface area (Å²) in [5.74, 6) is 0.295. The van der Waals surface area contributed by atoms with E-state index in [4.69, 9.17) is 9.47 Å². The number of methoxy groups -OCH3 is 1. The smallest absolute Gasteiger partial charge is 0.282 e. The lowest BCUT2D eigenvalue weighted by molar-refractivity contribution is -0.120. The molecule has 1 aliphatic heterocycles. The molecule has 0 unspecified atom stereocenters. The Morgan fingerprint density at radius 3 is 2.18 bits per heavy atom. The van der Waals surface area contributed by atoms with Crippen molar-refractivity contribution >= 4 is 28.8 Å². The van der Waals surface area contributed by atoms with Gasteiger partial charge in [0, 0.05) is 5.69 Å². The zero-order valence-corrected chi connectivity index (χ0v) is 19.1. The van der Waals surface area contributed by atoms with E-state index in [0.717, 1.165) is 16.8 Å². The average molecular weight is 443 g/mol. The van der Waals surface area contributed by atoms with E-state index in [1.54, 1.807) is 49.6 Å². The summed E-state index contributed by atoms with van der Waals surface area (Å²) in [5.41, 5.74) is 4.41. The van der Waals surface area contributed by atoms with Crippen molar-refractivity contribution in [3.8, 4) is 11.5 Å². The third kappa shape index (κ3) is 4.32. The van der Waals surface area contributed by atoms with E-state index < -0.39 is 11.8 Å². The number of carbonyl (C=O) groups excluding carboxylic acids is 2. The highest BCUT2D eigenvalue weighted by molar-refractivity contribution is 6.46. The van der Waals surface area contributed by atoms with Gasteiger partial charge >= 0.3 is 0 Å². The minimum absolute atomic E-state index is 0.224. The Morgan fingerprint density at radius 1 is 0.879 bits per heavy atom. The number of anilines is 2. The minimum atomic E-state index is -0.433. The Morgan fingerprint density at radius 2 is 1.55 bits per heavy atom. The molecule has 6 heteroatoms. The van der Waals surface area contributed by atoms with Crippen molar-refractivity contribution in [2.24, 2.45) is 0 Å². The van der Waals surface area contributed by atoms with Crippen molar-refractivity contribution in [3.05, 3.63) is 89.1 Å². The SMILES string of the molecule is CCOc1ccccc1N1C(=O)C(Nc2cc(C)cc(C)c2)=C(c2ccc(OC)cc2)C1=O. The summed E-state index contributed by atoms with van der Waals surface area (Å²) in [6, 6.07) is 20.1. The number of amides is 2. The van der Waals surface area contributed by atoms with Crippen LogP contribution in [0.2, 0.25) is 0 Å². The van der Waals surface area contributed by atoms with E-state index in [9.17, 15) is 9.59 Å². The standard InChI is InChI=1S/C27H26N2O4/c1-5-33-23-9-7-6-8-22(23)29-26(30)24(19-10-12-21(32-4)13-11-19)25(27(29)31)28-20-15-17(2)14-18(3)16-20/h6-16,28H,5H2,1-4H3. The van der Waals surface area contributed by atoms with E-state index in [0.29, 0.717) is 34.9 Å². The predicted molar refractivity (Wildman–Crippen MR) is 130 cm³/mol. The maximum atomic E-state index is 13.7. The molecule has 1 aliphatic rings. The topological polar surface area (TPSA) is 67.9 Å². The molecule has 0 radical (unpaired) electrons. The van der Waals surface area contributed by atoms with Crippen LogP contribution in [0.25, 0.3) is 5.57 Å². The van der Waals surface area contributed by atoms with Crippen LogP contribution in [0.4, 0.5) is 11.4 Å². The van der Waals surface area contributed by atoms with E-state index in [1.165, 1.54) is 4.90 Å². The van der Waals surface area contributed by atoms with E-state index in [1.807, 2.05) is 39.0 Å². The first kappa shape index (κ1) is 22.1. The number of carbonyl (C=O) groups is 2. The summed E-state index contributed by atoms with van der Waals surface area (Å²) in [6.07, 6.45) is 0. The zero-order valence-electron chi connectivity index (χ0n) is 19.1. The molecule has 6 nitrogen and oxygen atoms in total. The predicted octanol–water partition coefficient (Wildman–Crippen LogP) is 5.11. The first-order valence-corrected chi connectivity index (χ1v) is 10.8. The number of para-hydroxylation sites is 2. The zero-order chi connectivity index (χ0) is 23.5. The van der Waals surface area contributed by atoms with Crippen molar-refractivity contribution < 1.29 is 19.1 Å². The number of nitrogens with one attached hydrogen (secondary N) is 1. The largest absolute Gasteiger partial charge is 0.497 e. The molecule has 0 saturated heterocycles. The number of ether oxygens (including phenoxy) is 2. The van der Waals surface area contributed by atoms with Gasteiger partial charge in [0.2, 0.25) is 0 Å². The number of aryl methyl sites for hydroxylation is 2. The van der Waals surface area contributed by atoms with Gasteiger partial charge < -0.3 is 14.8 Å². The van der Waals surface area contributed by atoms with Gasteiger partial charge in [-0.1, -0.05) is 30.3 Å². The average Bonchev–Trinajstić information content (AvgIpc) is 3.03. The molecule has 1 N–H and O–H groups in total. The molecule has 3 aromatic rings. The molecule has 0 aromatic heterocycles. The maximum Gasteiger partial charge on any atom is 0.282 e. The van der Waals surface area contributed by atoms with E-state index in [-0.39, 0.29) is 5.70 Å². The van der Waals surface area contributed by atoms with Crippen molar-refractivity contribution in [2.75, 3.05) is 23.9 Å². The fraction of sp³-hybridized carbons (Fsp3) is 0.185. The third-order valence-electron chi connectivity index (χ3n) is 5.36. The normalized spacial score (nSPS) is 13.5. The quantitative estimate of drug-likeness (QED) is 0.515. The molecule has 0 fully saturated rings. The maximum absolute atomic E-state index is 13.7. The number of nitrogens with zero attached hydrogens (tertiary/aromatic N) is 1. The van der Waals surface area contributed by atoms with Crippen LogP contribution in [0.1, 0.15) is 23.6 Å². The minimum Gasteiger partial charge on any atom is -0.497 e. The summed E-state index contributed by atoms with van der Waals surface area (Å²) in [6.45, 7) is 6.25. The van der Waals surface area contributed by atoms with Gasteiger partial charge in [0.05, 0.1) is 25.0 Å². The highest BCUT2D eigenvalue weighted by atomic mass is 16.5. The molecule has 0 aliphatic carbocycles. The second-order valence-corrected chi connectivity index (χ2v) is 7.83. The van der Waals surface area contributed by atoms with Crippen LogP contribution in [0.15, 0.2) is 72.4 Å². The number of rotatable bonds is 7. The van der Waals surface area contributed by atoms with Crippen molar-refractivity contribution in [1.82, 2.24) is 0 Å². The van der Waals surface area contributed by atoms with Gasteiger partial charge in [0.25, 0.3) is 11.8 Å². The van der Waals surface area contributed by atoms with Gasteiger partial charge in [0.1, 0.15) is 17.2 Å². The summed E-state index contributed by atoms with van der Waals surface area (Å²) in [5, 5.41) is 3.23. The van der Waals surface area contributed by atoms with Crippen molar-refractivity contribution in [2.45, 2.75) is 20.8 Å². The molecule has 168 valence electrons. The second-order valence-electron chi connectivity index (χ2n) is 7.83. The lowest BCUT2D eigenvalue weighted by Gasteiger charge is -2.19. The number of benzene rings is 3. The van der Waals surface area contributed by atoms with Crippen LogP contribution in [-0.2, 0) is 9.59 Å². The fourth-order valence-electron chi connectivity index (χ4n) is 4.00. The molecule has 0 spiro atoms. The van der Waals surface area contributed by atoms with Crippen LogP contribution in [-0.4, -0.2) is 25.5 Å². The molecule has 33 heavy (non-hydrogen) atoms. The summed E-state index contributed by atoms with van der Waals surface area (Å²) in [4.78, 5) is 28.5. The summed E-state index contributed by atoms with van der Waals surface area (Å²) in [7, 11) is 1.58. The fourth-order valence-corrected chi connectivity index (χ4v) is 4.00. The summed E-state index contributed by atoms with van der Waals surface area (Å²) < 4.78 is 11.0. The van der Waals surface area contributed by atoms with Gasteiger partial charge in [-0.15, -0.1) is 0 Å². The van der Waals surface area contributed by atoms with E-state index in [2.05, 4.69) is 11.4 Å². The Balaban J connectivity index is 1.84. The molecular formula is C27H26N2O4. The van der Waals surface area contributed by atoms with Crippen molar-refractivity contribution in [1.29, 1.82) is 0 Å². The number of imide groups is 1. The molecule has 0 saturated carbocycles. The van der Waals surface area contributed by atoms with Crippen LogP contribution in [0, 0.1) is 13.8 Å². The lowest BCUT2D eigenvalue weighted by atomic mass is 10.0. The second kappa shape index (κ2) is 9.20. The molecule has 0 bridgehead atoms. The Labute approximate surface area is 193 Å². The molecule has 3 aromatic carbocycles. The van der Waals surface area contributed by atoms with Gasteiger partial charge in [-0.05, 0) is 73.9 Å². The Kier molecular flexibility index (Phi) is 6.18. The van der Waals surface area contributed by atoms with Gasteiger partial charge in [0.15, 0.2) is 0 Å². The van der Waals surface area contributed by atoms with Gasteiger partial charge in [-0.2, -0.15) is 0 Å².